The third-order valence-electron chi connectivity index (χ3n) is 3.77. The van der Waals surface area contributed by atoms with Crippen LogP contribution < -0.4 is 15.3 Å². The molecule has 0 spiro atoms. The van der Waals surface area contributed by atoms with E-state index in [1.54, 1.807) is 23.6 Å². The lowest BCUT2D eigenvalue weighted by atomic mass is 10.3. The van der Waals surface area contributed by atoms with Crippen LogP contribution in [0.1, 0.15) is 0 Å². The number of rotatable bonds is 3. The SMILES string of the molecule is OC1C(n2ccnn2)=CNN1c1cc(N2CCOCC2)ncn1. The number of aliphatic hydroxyl groups excluding tert-OH is 1. The van der Waals surface area contributed by atoms with E-state index in [2.05, 4.69) is 30.6 Å². The van der Waals surface area contributed by atoms with Crippen molar-refractivity contribution in [1.82, 2.24) is 30.4 Å². The standard InChI is InChI=1S/C13H16N8O2/c22-13-10(20-2-1-16-18-20)8-17-21(13)12-7-11(14-9-15-12)19-3-5-23-6-4-19/h1-2,7-9,13,17,22H,3-6H2. The zero-order chi connectivity index (χ0) is 15.6. The Labute approximate surface area is 132 Å². The van der Waals surface area contributed by atoms with Crippen molar-refractivity contribution in [2.45, 2.75) is 6.23 Å². The predicted octanol–water partition coefficient (Wildman–Crippen LogP) is -0.954. The molecule has 0 bridgehead atoms. The van der Waals surface area contributed by atoms with E-state index in [9.17, 15) is 5.11 Å². The summed E-state index contributed by atoms with van der Waals surface area (Å²) in [4.78, 5) is 10.7. The van der Waals surface area contributed by atoms with E-state index in [1.165, 1.54) is 11.0 Å². The lowest BCUT2D eigenvalue weighted by Crippen LogP contribution is -2.40. The third-order valence-corrected chi connectivity index (χ3v) is 3.77. The van der Waals surface area contributed by atoms with Crippen molar-refractivity contribution in [3.05, 3.63) is 31.0 Å². The summed E-state index contributed by atoms with van der Waals surface area (Å²) >= 11 is 0. The number of hydrogen-bond donors (Lipinski definition) is 2. The molecule has 2 aromatic heterocycles. The van der Waals surface area contributed by atoms with Crippen molar-refractivity contribution in [2.24, 2.45) is 0 Å². The lowest BCUT2D eigenvalue weighted by Gasteiger charge is -2.29. The van der Waals surface area contributed by atoms with Gasteiger partial charge >= 0.3 is 0 Å². The van der Waals surface area contributed by atoms with Crippen molar-refractivity contribution < 1.29 is 9.84 Å². The van der Waals surface area contributed by atoms with Gasteiger partial charge in [-0.25, -0.2) is 19.7 Å². The number of ether oxygens (including phenoxy) is 1. The third kappa shape index (κ3) is 2.58. The van der Waals surface area contributed by atoms with Crippen molar-refractivity contribution in [1.29, 1.82) is 0 Å². The van der Waals surface area contributed by atoms with Gasteiger partial charge in [-0.3, -0.25) is 5.43 Å². The molecular formula is C13H16N8O2. The van der Waals surface area contributed by atoms with Crippen LogP contribution in [-0.2, 0) is 4.74 Å². The molecule has 0 aliphatic carbocycles. The molecule has 1 saturated heterocycles. The Morgan fingerprint density at radius 2 is 2.04 bits per heavy atom. The van der Waals surface area contributed by atoms with Crippen LogP contribution >= 0.6 is 0 Å². The van der Waals surface area contributed by atoms with Crippen molar-refractivity contribution >= 4 is 17.3 Å². The summed E-state index contributed by atoms with van der Waals surface area (Å²) in [5, 5.41) is 19.7. The Morgan fingerprint density at radius 3 is 2.83 bits per heavy atom. The maximum Gasteiger partial charge on any atom is 0.192 e. The Hall–Kier alpha value is -2.72. The molecule has 1 atom stereocenters. The maximum absolute atomic E-state index is 10.5. The fraction of sp³-hybridized carbons (Fsp3) is 0.385. The molecule has 4 rings (SSSR count). The molecule has 120 valence electrons. The molecule has 10 heteroatoms. The summed E-state index contributed by atoms with van der Waals surface area (Å²) in [5.41, 5.74) is 3.55. The van der Waals surface area contributed by atoms with Gasteiger partial charge in [-0.1, -0.05) is 5.21 Å². The topological polar surface area (TPSA) is 104 Å². The molecule has 0 saturated carbocycles. The summed E-state index contributed by atoms with van der Waals surface area (Å²) in [7, 11) is 0. The average Bonchev–Trinajstić information content (AvgIpc) is 3.25. The van der Waals surface area contributed by atoms with Gasteiger partial charge in [0.25, 0.3) is 0 Å². The van der Waals surface area contributed by atoms with Gasteiger partial charge in [-0.2, -0.15) is 0 Å². The van der Waals surface area contributed by atoms with E-state index < -0.39 is 6.23 Å². The van der Waals surface area contributed by atoms with Gasteiger partial charge in [0.15, 0.2) is 12.0 Å². The number of anilines is 2. The molecule has 2 aliphatic heterocycles. The second-order valence-electron chi connectivity index (χ2n) is 5.12. The normalized spacial score (nSPS) is 21.3. The summed E-state index contributed by atoms with van der Waals surface area (Å²) < 4.78 is 6.85. The van der Waals surface area contributed by atoms with E-state index >= 15 is 0 Å². The highest BCUT2D eigenvalue weighted by Gasteiger charge is 2.29. The number of hydrogen-bond acceptors (Lipinski definition) is 9. The molecule has 4 heterocycles. The van der Waals surface area contributed by atoms with Crippen molar-refractivity contribution in [2.75, 3.05) is 36.2 Å². The fourth-order valence-corrected chi connectivity index (χ4v) is 2.57. The van der Waals surface area contributed by atoms with Crippen LogP contribution in [-0.4, -0.2) is 62.6 Å². The molecular weight excluding hydrogens is 300 g/mol. The number of hydrazine groups is 1. The monoisotopic (exact) mass is 316 g/mol. The fourth-order valence-electron chi connectivity index (χ4n) is 2.57. The number of aromatic nitrogens is 5. The van der Waals surface area contributed by atoms with Gasteiger partial charge in [0.05, 0.1) is 25.6 Å². The first-order valence-corrected chi connectivity index (χ1v) is 7.28. The number of nitrogens with one attached hydrogen (secondary N) is 1. The quantitative estimate of drug-likeness (QED) is 0.741. The van der Waals surface area contributed by atoms with Gasteiger partial charge in [0.1, 0.15) is 17.8 Å². The van der Waals surface area contributed by atoms with E-state index in [1.807, 2.05) is 6.07 Å². The van der Waals surface area contributed by atoms with E-state index in [0.29, 0.717) is 24.7 Å². The molecule has 0 amide bonds. The summed E-state index contributed by atoms with van der Waals surface area (Å²) in [6.45, 7) is 2.94. The molecule has 1 fully saturated rings. The van der Waals surface area contributed by atoms with Crippen molar-refractivity contribution in [3.63, 3.8) is 0 Å². The summed E-state index contributed by atoms with van der Waals surface area (Å²) in [6.07, 6.45) is 5.44. The smallest absolute Gasteiger partial charge is 0.192 e. The minimum absolute atomic E-state index is 0.564. The first kappa shape index (κ1) is 13.9. The van der Waals surface area contributed by atoms with Crippen LogP contribution in [0.5, 0.6) is 0 Å². The molecule has 10 nitrogen and oxygen atoms in total. The molecule has 23 heavy (non-hydrogen) atoms. The largest absolute Gasteiger partial charge is 0.378 e. The molecule has 2 aliphatic rings. The maximum atomic E-state index is 10.5. The van der Waals surface area contributed by atoms with Crippen LogP contribution in [0.4, 0.5) is 11.6 Å². The van der Waals surface area contributed by atoms with Crippen LogP contribution in [0, 0.1) is 0 Å². The number of nitrogens with zero attached hydrogens (tertiary/aromatic N) is 7. The number of morpholine rings is 1. The molecule has 2 aromatic rings. The number of aliphatic hydroxyl groups is 1. The van der Waals surface area contributed by atoms with E-state index in [4.69, 9.17) is 4.74 Å². The van der Waals surface area contributed by atoms with Crippen molar-refractivity contribution in [3.8, 4) is 0 Å². The lowest BCUT2D eigenvalue weighted by molar-refractivity contribution is 0.122. The molecule has 1 unspecified atom stereocenters. The Kier molecular flexibility index (Phi) is 3.52. The zero-order valence-corrected chi connectivity index (χ0v) is 12.3. The van der Waals surface area contributed by atoms with Crippen LogP contribution in [0.25, 0.3) is 5.70 Å². The minimum Gasteiger partial charge on any atom is -0.378 e. The average molecular weight is 316 g/mol. The van der Waals surface area contributed by atoms with E-state index in [0.717, 1.165) is 18.9 Å². The van der Waals surface area contributed by atoms with Gasteiger partial charge in [-0.05, 0) is 0 Å². The Morgan fingerprint density at radius 1 is 1.22 bits per heavy atom. The van der Waals surface area contributed by atoms with Gasteiger partial charge in [-0.15, -0.1) is 5.10 Å². The van der Waals surface area contributed by atoms with Gasteiger partial charge < -0.3 is 14.7 Å². The minimum atomic E-state index is -0.927. The highest BCUT2D eigenvalue weighted by Crippen LogP contribution is 2.24. The zero-order valence-electron chi connectivity index (χ0n) is 12.3. The van der Waals surface area contributed by atoms with Crippen LogP contribution in [0.15, 0.2) is 31.0 Å². The Balaban J connectivity index is 1.55. The molecule has 2 N–H and O–H groups in total. The summed E-state index contributed by atoms with van der Waals surface area (Å²) in [6, 6.07) is 1.83. The molecule has 0 aromatic carbocycles. The predicted molar refractivity (Wildman–Crippen MR) is 81.0 cm³/mol. The highest BCUT2D eigenvalue weighted by atomic mass is 16.5. The second kappa shape index (κ2) is 5.82. The first-order valence-electron chi connectivity index (χ1n) is 7.28. The molecule has 0 radical (unpaired) electrons. The van der Waals surface area contributed by atoms with Gasteiger partial charge in [0.2, 0.25) is 0 Å². The van der Waals surface area contributed by atoms with Crippen LogP contribution in [0.3, 0.4) is 0 Å². The van der Waals surface area contributed by atoms with E-state index in [-0.39, 0.29) is 0 Å². The first-order chi connectivity index (χ1) is 11.3. The van der Waals surface area contributed by atoms with Gasteiger partial charge in [0, 0.05) is 25.4 Å². The Bertz CT molecular complexity index is 698. The highest BCUT2D eigenvalue weighted by molar-refractivity contribution is 5.61. The van der Waals surface area contributed by atoms with Crippen LogP contribution in [0.2, 0.25) is 0 Å². The second-order valence-corrected chi connectivity index (χ2v) is 5.12. The summed E-state index contributed by atoms with van der Waals surface area (Å²) in [5.74, 6) is 1.38.